The van der Waals surface area contributed by atoms with E-state index in [1.54, 1.807) is 28.4 Å². The van der Waals surface area contributed by atoms with Crippen LogP contribution in [0.25, 0.3) is 0 Å². The fourth-order valence-electron chi connectivity index (χ4n) is 3.63. The zero-order valence-corrected chi connectivity index (χ0v) is 18.9. The van der Waals surface area contributed by atoms with Gasteiger partial charge in [0.05, 0.1) is 28.4 Å². The van der Waals surface area contributed by atoms with Crippen molar-refractivity contribution >= 4 is 0 Å². The van der Waals surface area contributed by atoms with Crippen LogP contribution in [0, 0.1) is 11.8 Å². The maximum Gasteiger partial charge on any atom is 0.161 e. The third-order valence-electron chi connectivity index (χ3n) is 5.23. The number of ether oxygens (including phenoxy) is 4. The monoisotopic (exact) mass is 401 g/mol. The Kier molecular flexibility index (Phi) is 8.21. The minimum absolute atomic E-state index is 0.148. The van der Waals surface area contributed by atoms with Gasteiger partial charge in [0.1, 0.15) is 0 Å². The molecule has 0 heterocycles. The molecule has 0 fully saturated rings. The molecule has 0 saturated carbocycles. The molecular weight excluding hydrogens is 366 g/mol. The van der Waals surface area contributed by atoms with E-state index >= 15 is 0 Å². The standard InChI is InChI=1S/C24H35NO4/c1-15(2)23(17-9-11-19(26-5)21(13-17)28-7)25-24(16(3)4)18-10-12-20(27-6)22(14-18)29-8/h9-16,23-25H,1-8H3. The first-order chi connectivity index (χ1) is 13.9. The first-order valence-electron chi connectivity index (χ1n) is 10.1. The lowest BCUT2D eigenvalue weighted by molar-refractivity contribution is 0.308. The molecule has 2 unspecified atom stereocenters. The fourth-order valence-corrected chi connectivity index (χ4v) is 3.63. The minimum Gasteiger partial charge on any atom is -0.493 e. The van der Waals surface area contributed by atoms with E-state index in [1.807, 2.05) is 12.1 Å². The van der Waals surface area contributed by atoms with Gasteiger partial charge in [-0.3, -0.25) is 0 Å². The topological polar surface area (TPSA) is 49.0 Å². The zero-order valence-electron chi connectivity index (χ0n) is 18.9. The summed E-state index contributed by atoms with van der Waals surface area (Å²) in [5.41, 5.74) is 2.34. The third-order valence-corrected chi connectivity index (χ3v) is 5.23. The van der Waals surface area contributed by atoms with Crippen molar-refractivity contribution < 1.29 is 18.9 Å². The summed E-state index contributed by atoms with van der Waals surface area (Å²) in [5.74, 6) is 3.72. The molecule has 0 radical (unpaired) electrons. The second-order valence-corrected chi connectivity index (χ2v) is 7.84. The Morgan fingerprint density at radius 2 is 0.897 bits per heavy atom. The van der Waals surface area contributed by atoms with E-state index in [9.17, 15) is 0 Å². The fraction of sp³-hybridized carbons (Fsp3) is 0.500. The molecule has 0 aliphatic heterocycles. The van der Waals surface area contributed by atoms with E-state index in [-0.39, 0.29) is 12.1 Å². The van der Waals surface area contributed by atoms with Crippen LogP contribution in [0.1, 0.15) is 50.9 Å². The van der Waals surface area contributed by atoms with E-state index in [2.05, 4.69) is 57.3 Å². The number of methoxy groups -OCH3 is 4. The summed E-state index contributed by atoms with van der Waals surface area (Å²) in [6, 6.07) is 12.5. The molecule has 2 aromatic carbocycles. The molecule has 5 heteroatoms. The van der Waals surface area contributed by atoms with E-state index < -0.39 is 0 Å². The van der Waals surface area contributed by atoms with Gasteiger partial charge in [-0.2, -0.15) is 0 Å². The number of nitrogens with one attached hydrogen (secondary N) is 1. The number of hydrogen-bond acceptors (Lipinski definition) is 5. The summed E-state index contributed by atoms with van der Waals surface area (Å²) < 4.78 is 21.8. The second kappa shape index (κ2) is 10.4. The van der Waals surface area contributed by atoms with Gasteiger partial charge in [0.15, 0.2) is 23.0 Å². The third kappa shape index (κ3) is 5.36. The molecule has 0 bridgehead atoms. The molecule has 0 aliphatic rings. The normalized spacial score (nSPS) is 13.3. The van der Waals surface area contributed by atoms with Crippen molar-refractivity contribution in [3.8, 4) is 23.0 Å². The lowest BCUT2D eigenvalue weighted by Gasteiger charge is -2.32. The van der Waals surface area contributed by atoms with Crippen molar-refractivity contribution in [1.82, 2.24) is 5.32 Å². The van der Waals surface area contributed by atoms with E-state index in [0.29, 0.717) is 11.8 Å². The Bertz CT molecular complexity index is 723. The van der Waals surface area contributed by atoms with Crippen molar-refractivity contribution in [3.05, 3.63) is 47.5 Å². The first-order valence-corrected chi connectivity index (χ1v) is 10.1. The molecule has 0 aromatic heterocycles. The Morgan fingerprint density at radius 3 is 1.17 bits per heavy atom. The highest BCUT2D eigenvalue weighted by Crippen LogP contribution is 2.37. The van der Waals surface area contributed by atoms with Crippen LogP contribution in [0.2, 0.25) is 0 Å². The van der Waals surface area contributed by atoms with Crippen LogP contribution < -0.4 is 24.3 Å². The Balaban J connectivity index is 2.40. The predicted molar refractivity (Wildman–Crippen MR) is 117 cm³/mol. The molecule has 160 valence electrons. The van der Waals surface area contributed by atoms with Gasteiger partial charge >= 0.3 is 0 Å². The molecule has 0 amide bonds. The summed E-state index contributed by atoms with van der Waals surface area (Å²) in [6.07, 6.45) is 0. The van der Waals surface area contributed by atoms with Crippen molar-refractivity contribution in [2.75, 3.05) is 28.4 Å². The van der Waals surface area contributed by atoms with Crippen molar-refractivity contribution in [3.63, 3.8) is 0 Å². The Hall–Kier alpha value is -2.40. The summed E-state index contributed by atoms with van der Waals surface area (Å²) in [5, 5.41) is 3.87. The SMILES string of the molecule is COc1ccc(C(NC(c2ccc(OC)c(OC)c2)C(C)C)C(C)C)cc1OC. The van der Waals surface area contributed by atoms with Gasteiger partial charge in [0.2, 0.25) is 0 Å². The molecule has 5 nitrogen and oxygen atoms in total. The van der Waals surface area contributed by atoms with Crippen molar-refractivity contribution in [1.29, 1.82) is 0 Å². The van der Waals surface area contributed by atoms with Crippen molar-refractivity contribution in [2.45, 2.75) is 39.8 Å². The average Bonchev–Trinajstić information content (AvgIpc) is 2.72. The molecule has 0 spiro atoms. The predicted octanol–water partition coefficient (Wildman–Crippen LogP) is 5.41. The number of rotatable bonds is 10. The second-order valence-electron chi connectivity index (χ2n) is 7.84. The highest BCUT2D eigenvalue weighted by molar-refractivity contribution is 5.45. The van der Waals surface area contributed by atoms with E-state index in [4.69, 9.17) is 18.9 Å². The summed E-state index contributed by atoms with van der Waals surface area (Å²) >= 11 is 0. The smallest absolute Gasteiger partial charge is 0.161 e. The molecule has 0 saturated heterocycles. The van der Waals surface area contributed by atoms with Gasteiger partial charge in [-0.1, -0.05) is 39.8 Å². The van der Waals surface area contributed by atoms with Crippen LogP contribution >= 0.6 is 0 Å². The highest BCUT2D eigenvalue weighted by atomic mass is 16.5. The minimum atomic E-state index is 0.148. The van der Waals surface area contributed by atoms with Gasteiger partial charge in [-0.05, 0) is 47.2 Å². The molecule has 0 aliphatic carbocycles. The summed E-state index contributed by atoms with van der Waals surface area (Å²) in [4.78, 5) is 0. The lowest BCUT2D eigenvalue weighted by atomic mass is 9.90. The Morgan fingerprint density at radius 1 is 0.552 bits per heavy atom. The maximum atomic E-state index is 5.52. The van der Waals surface area contributed by atoms with Crippen molar-refractivity contribution in [2.24, 2.45) is 11.8 Å². The zero-order chi connectivity index (χ0) is 21.6. The van der Waals surface area contributed by atoms with Crippen LogP contribution in [0.4, 0.5) is 0 Å². The van der Waals surface area contributed by atoms with E-state index in [0.717, 1.165) is 23.0 Å². The van der Waals surface area contributed by atoms with Gasteiger partial charge in [-0.25, -0.2) is 0 Å². The number of benzene rings is 2. The summed E-state index contributed by atoms with van der Waals surface area (Å²) in [7, 11) is 6.64. The largest absolute Gasteiger partial charge is 0.493 e. The molecule has 2 atom stereocenters. The van der Waals surface area contributed by atoms with Gasteiger partial charge in [-0.15, -0.1) is 0 Å². The van der Waals surface area contributed by atoms with Gasteiger partial charge in [0, 0.05) is 12.1 Å². The molecular formula is C24H35NO4. The van der Waals surface area contributed by atoms with Crippen LogP contribution in [-0.2, 0) is 0 Å². The lowest BCUT2D eigenvalue weighted by Crippen LogP contribution is -2.32. The molecule has 2 rings (SSSR count). The molecule has 1 N–H and O–H groups in total. The Labute approximate surface area is 175 Å². The van der Waals surface area contributed by atoms with Crippen LogP contribution in [0.5, 0.6) is 23.0 Å². The molecule has 2 aromatic rings. The van der Waals surface area contributed by atoms with E-state index in [1.165, 1.54) is 11.1 Å². The number of hydrogen-bond donors (Lipinski definition) is 1. The van der Waals surface area contributed by atoms with Gasteiger partial charge in [0.25, 0.3) is 0 Å². The summed E-state index contributed by atoms with van der Waals surface area (Å²) in [6.45, 7) is 8.89. The first kappa shape index (κ1) is 22.9. The quantitative estimate of drug-likeness (QED) is 0.577. The highest BCUT2D eigenvalue weighted by Gasteiger charge is 2.25. The maximum absolute atomic E-state index is 5.52. The van der Waals surface area contributed by atoms with Gasteiger partial charge < -0.3 is 24.3 Å². The average molecular weight is 402 g/mol. The molecule has 29 heavy (non-hydrogen) atoms. The van der Waals surface area contributed by atoms with Crippen LogP contribution in [0.3, 0.4) is 0 Å². The van der Waals surface area contributed by atoms with Crippen LogP contribution in [0.15, 0.2) is 36.4 Å². The van der Waals surface area contributed by atoms with Crippen LogP contribution in [-0.4, -0.2) is 28.4 Å².